The third-order valence-electron chi connectivity index (χ3n) is 8.54. The highest BCUT2D eigenvalue weighted by Gasteiger charge is 2.37. The number of nitrogens with zero attached hydrogens (tertiary/aromatic N) is 3. The van der Waals surface area contributed by atoms with E-state index in [-0.39, 0.29) is 39.4 Å². The first-order valence-electron chi connectivity index (χ1n) is 14.2. The van der Waals surface area contributed by atoms with Gasteiger partial charge in [-0.15, -0.1) is 0 Å². The largest absolute Gasteiger partial charge is 1.00 e. The Balaban J connectivity index is 0.00000280. The van der Waals surface area contributed by atoms with E-state index in [0.717, 1.165) is 6.54 Å². The molecule has 2 aromatic carbocycles. The van der Waals surface area contributed by atoms with Gasteiger partial charge in [-0.05, 0) is 44.5 Å². The highest BCUT2D eigenvalue weighted by Crippen LogP contribution is 2.46. The molecule has 0 amide bonds. The minimum absolute atomic E-state index is 0. The lowest BCUT2D eigenvalue weighted by Gasteiger charge is -2.35. The molecule has 0 spiro atoms. The standard InChI is InChI=1S/C34H45N3S.2BrH/c1-7-37(8-2,9-3)27-19-26-36-30-22-17-18-23-31(30)38-33(36)25-14-12-10-11-13-24-32-34(4,5)28-20-15-16-21-29(28)35(32)6;;/h10-18,20-25H,7-9,19,26-27H2,1-6H3;2*1H/q+2;;/p-2. The van der Waals surface area contributed by atoms with E-state index in [1.165, 1.54) is 69.3 Å². The second-order valence-corrected chi connectivity index (χ2v) is 11.9. The summed E-state index contributed by atoms with van der Waals surface area (Å²) >= 11 is 1.88. The number of hydrogen-bond acceptors (Lipinski definition) is 2. The predicted molar refractivity (Wildman–Crippen MR) is 167 cm³/mol. The molecule has 0 atom stereocenters. The molecule has 0 radical (unpaired) electrons. The van der Waals surface area contributed by atoms with Gasteiger partial charge in [0.1, 0.15) is 4.70 Å². The molecule has 1 aromatic heterocycles. The van der Waals surface area contributed by atoms with E-state index in [4.69, 9.17) is 0 Å². The van der Waals surface area contributed by atoms with Crippen molar-refractivity contribution in [2.24, 2.45) is 0 Å². The highest BCUT2D eigenvalue weighted by molar-refractivity contribution is 7.18. The number of aromatic nitrogens is 1. The van der Waals surface area contributed by atoms with Crippen molar-refractivity contribution in [1.82, 2.24) is 0 Å². The Hall–Kier alpha value is -1.99. The number of thiazole rings is 1. The van der Waals surface area contributed by atoms with E-state index in [2.05, 4.69) is 142 Å². The summed E-state index contributed by atoms with van der Waals surface area (Å²) in [6.45, 7) is 17.5. The highest BCUT2D eigenvalue weighted by atomic mass is 79.9. The number of benzene rings is 2. The molecule has 1 aliphatic rings. The Labute approximate surface area is 267 Å². The zero-order valence-corrected chi connectivity index (χ0v) is 28.9. The van der Waals surface area contributed by atoms with E-state index in [1.807, 2.05) is 11.3 Å². The van der Waals surface area contributed by atoms with Crippen molar-refractivity contribution in [3.63, 3.8) is 0 Å². The van der Waals surface area contributed by atoms with Crippen LogP contribution in [0.5, 0.6) is 0 Å². The molecule has 6 heteroatoms. The van der Waals surface area contributed by atoms with Gasteiger partial charge >= 0.3 is 0 Å². The Morgan fingerprint density at radius 1 is 0.850 bits per heavy atom. The topological polar surface area (TPSA) is 7.12 Å². The summed E-state index contributed by atoms with van der Waals surface area (Å²) in [6.07, 6.45) is 16.4. The number of fused-ring (bicyclic) bond motifs is 2. The summed E-state index contributed by atoms with van der Waals surface area (Å²) in [7, 11) is 2.16. The van der Waals surface area contributed by atoms with Gasteiger partial charge in [0, 0.05) is 36.0 Å². The molecule has 0 saturated carbocycles. The number of aryl methyl sites for hydroxylation is 1. The van der Waals surface area contributed by atoms with Crippen molar-refractivity contribution in [3.8, 4) is 0 Å². The van der Waals surface area contributed by atoms with Gasteiger partial charge in [0.2, 0.25) is 5.52 Å². The van der Waals surface area contributed by atoms with Crippen LogP contribution in [0.4, 0.5) is 5.69 Å². The zero-order chi connectivity index (χ0) is 27.2. The second kappa shape index (κ2) is 15.3. The third kappa shape index (κ3) is 7.25. The SMILES string of the molecule is CC[N+](CC)(CC)CCC[n+]1c(/C=C/C=C/C=C/C=C2\N(C)c3ccccc3C2(C)C)sc2ccccc21.[Br-].[Br-]. The molecule has 0 aliphatic carbocycles. The summed E-state index contributed by atoms with van der Waals surface area (Å²) in [5.74, 6) is 0. The maximum Gasteiger partial charge on any atom is 0.262 e. The van der Waals surface area contributed by atoms with Gasteiger partial charge in [-0.3, -0.25) is 0 Å². The normalized spacial score (nSPS) is 15.8. The lowest BCUT2D eigenvalue weighted by Crippen LogP contribution is -3.00. The summed E-state index contributed by atoms with van der Waals surface area (Å²) in [5.41, 5.74) is 5.37. The van der Waals surface area contributed by atoms with Gasteiger partial charge in [0.15, 0.2) is 6.54 Å². The molecule has 1 aliphatic heterocycles. The quantitative estimate of drug-likeness (QED) is 0.170. The van der Waals surface area contributed by atoms with Crippen LogP contribution in [0, 0.1) is 0 Å². The summed E-state index contributed by atoms with van der Waals surface area (Å²) in [6, 6.07) is 17.5. The Kier molecular flexibility index (Phi) is 13.1. The molecule has 0 bridgehead atoms. The molecular formula is C34H45Br2N3S. The molecule has 216 valence electrons. The average molecular weight is 688 g/mol. The Morgan fingerprint density at radius 2 is 1.48 bits per heavy atom. The van der Waals surface area contributed by atoms with Gasteiger partial charge in [-0.2, -0.15) is 4.57 Å². The number of halogens is 2. The predicted octanol–water partition coefficient (Wildman–Crippen LogP) is 1.90. The number of rotatable bonds is 11. The molecule has 2 heterocycles. The fourth-order valence-electron chi connectivity index (χ4n) is 5.90. The van der Waals surface area contributed by atoms with Crippen LogP contribution in [0.25, 0.3) is 16.3 Å². The Morgan fingerprint density at radius 3 is 2.17 bits per heavy atom. The fourth-order valence-corrected chi connectivity index (χ4v) is 7.00. The molecule has 0 N–H and O–H groups in total. The first-order valence-corrected chi connectivity index (χ1v) is 15.0. The van der Waals surface area contributed by atoms with E-state index >= 15 is 0 Å². The van der Waals surface area contributed by atoms with Crippen LogP contribution in [-0.4, -0.2) is 37.7 Å². The molecule has 0 unspecified atom stereocenters. The smallest absolute Gasteiger partial charge is 0.262 e. The van der Waals surface area contributed by atoms with Crippen LogP contribution >= 0.6 is 11.3 Å². The average Bonchev–Trinajstić information content (AvgIpc) is 3.38. The number of para-hydroxylation sites is 2. The molecule has 40 heavy (non-hydrogen) atoms. The zero-order valence-electron chi connectivity index (χ0n) is 24.9. The maximum absolute atomic E-state index is 2.51. The van der Waals surface area contributed by atoms with Crippen molar-refractivity contribution >= 4 is 33.3 Å². The first-order chi connectivity index (χ1) is 18.4. The van der Waals surface area contributed by atoms with Gasteiger partial charge in [0.05, 0.1) is 32.6 Å². The van der Waals surface area contributed by atoms with Crippen molar-refractivity contribution in [1.29, 1.82) is 0 Å². The number of hydrogen-bond donors (Lipinski definition) is 0. The molecule has 0 saturated heterocycles. The van der Waals surface area contributed by atoms with Crippen molar-refractivity contribution in [3.05, 3.63) is 101 Å². The van der Waals surface area contributed by atoms with Gasteiger partial charge in [-0.1, -0.05) is 85.9 Å². The maximum atomic E-state index is 2.51. The third-order valence-corrected chi connectivity index (χ3v) is 9.67. The van der Waals surface area contributed by atoms with E-state index < -0.39 is 0 Å². The minimum atomic E-state index is 0. The van der Waals surface area contributed by atoms with Crippen LogP contribution in [0.2, 0.25) is 0 Å². The van der Waals surface area contributed by atoms with Gasteiger partial charge in [-0.25, -0.2) is 0 Å². The molecular weight excluding hydrogens is 642 g/mol. The number of likely N-dealkylation sites (N-methyl/N-ethyl adjacent to an activating group) is 1. The second-order valence-electron chi connectivity index (χ2n) is 10.8. The fraction of sp³-hybridized carbons (Fsp3) is 0.382. The lowest BCUT2D eigenvalue weighted by molar-refractivity contribution is -0.925. The van der Waals surface area contributed by atoms with E-state index in [1.54, 1.807) is 0 Å². The van der Waals surface area contributed by atoms with Crippen molar-refractivity contribution in [2.45, 2.75) is 53.0 Å². The van der Waals surface area contributed by atoms with E-state index in [0.29, 0.717) is 0 Å². The van der Waals surface area contributed by atoms with Gasteiger partial charge < -0.3 is 43.3 Å². The number of allylic oxidation sites excluding steroid dienone is 7. The van der Waals surface area contributed by atoms with Gasteiger partial charge in [0.25, 0.3) is 5.01 Å². The van der Waals surface area contributed by atoms with Crippen LogP contribution in [0.15, 0.2) is 90.7 Å². The molecule has 0 fully saturated rings. The van der Waals surface area contributed by atoms with E-state index in [9.17, 15) is 0 Å². The summed E-state index contributed by atoms with van der Waals surface area (Å²) in [5, 5.41) is 1.32. The summed E-state index contributed by atoms with van der Waals surface area (Å²) in [4.78, 5) is 2.31. The first kappa shape index (κ1) is 34.2. The number of quaternary nitrogens is 1. The lowest BCUT2D eigenvalue weighted by atomic mass is 9.84. The minimum Gasteiger partial charge on any atom is -1.00 e. The summed E-state index contributed by atoms with van der Waals surface area (Å²) < 4.78 is 5.07. The van der Waals surface area contributed by atoms with Crippen LogP contribution in [0.3, 0.4) is 0 Å². The van der Waals surface area contributed by atoms with Crippen LogP contribution in [0.1, 0.15) is 51.6 Å². The monoisotopic (exact) mass is 685 g/mol. The number of anilines is 1. The molecule has 4 rings (SSSR count). The molecule has 3 aromatic rings. The molecule has 3 nitrogen and oxygen atoms in total. The van der Waals surface area contributed by atoms with Crippen LogP contribution in [-0.2, 0) is 12.0 Å². The van der Waals surface area contributed by atoms with Crippen molar-refractivity contribution in [2.75, 3.05) is 38.1 Å². The van der Waals surface area contributed by atoms with Crippen molar-refractivity contribution < 1.29 is 43.0 Å². The van der Waals surface area contributed by atoms with Crippen LogP contribution < -0.4 is 43.4 Å². The Bertz CT molecular complexity index is 1350.